The van der Waals surface area contributed by atoms with E-state index in [0.29, 0.717) is 9.87 Å². The molecule has 4 nitrogen and oxygen atoms in total. The highest BCUT2D eigenvalue weighted by atomic mass is 32.2. The Labute approximate surface area is 144 Å². The summed E-state index contributed by atoms with van der Waals surface area (Å²) < 4.78 is 64.4. The molecule has 25 heavy (non-hydrogen) atoms. The van der Waals surface area contributed by atoms with Crippen molar-refractivity contribution in [2.24, 2.45) is 0 Å². The molecule has 2 aromatic carbocycles. The lowest BCUT2D eigenvalue weighted by molar-refractivity contribution is -0.0511. The van der Waals surface area contributed by atoms with Crippen molar-refractivity contribution in [3.05, 3.63) is 71.8 Å². The number of piperazine rings is 1. The molecule has 0 aromatic heterocycles. The predicted octanol–water partition coefficient (Wildman–Crippen LogP) is 3.22. The lowest BCUT2D eigenvalue weighted by Gasteiger charge is -2.40. The van der Waals surface area contributed by atoms with Crippen molar-refractivity contribution in [3.8, 4) is 0 Å². The molecule has 1 aliphatic rings. The average molecular weight is 370 g/mol. The smallest absolute Gasteiger partial charge is 0.307 e. The summed E-state index contributed by atoms with van der Waals surface area (Å²) in [6.07, 6.45) is 0. The third-order valence-electron chi connectivity index (χ3n) is 4.26. The summed E-state index contributed by atoms with van der Waals surface area (Å²) in [6.45, 7) is -0.190. The minimum absolute atomic E-state index is 0.0961. The van der Waals surface area contributed by atoms with Crippen molar-refractivity contribution >= 4 is 10.0 Å². The molecule has 1 N–H and O–H groups in total. The molecule has 0 spiro atoms. The SMILES string of the molecule is O=S(=O)(N1CC(c2ccccc2)NCC1c1ccccc1)C(F)(F)F. The summed E-state index contributed by atoms with van der Waals surface area (Å²) in [5, 5.41) is 3.16. The van der Waals surface area contributed by atoms with Crippen molar-refractivity contribution < 1.29 is 21.6 Å². The molecule has 2 unspecified atom stereocenters. The molecule has 0 radical (unpaired) electrons. The van der Waals surface area contributed by atoms with E-state index in [0.717, 1.165) is 5.56 Å². The number of hydrogen-bond donors (Lipinski definition) is 1. The van der Waals surface area contributed by atoms with Gasteiger partial charge in [0.2, 0.25) is 0 Å². The summed E-state index contributed by atoms with van der Waals surface area (Å²) in [7, 11) is -5.44. The number of halogens is 3. The number of rotatable bonds is 3. The minimum atomic E-state index is -5.44. The van der Waals surface area contributed by atoms with Crippen LogP contribution in [0.1, 0.15) is 23.2 Å². The molecular formula is C17H17F3N2O2S. The fraction of sp³-hybridized carbons (Fsp3) is 0.294. The van der Waals surface area contributed by atoms with Crippen LogP contribution in [0.25, 0.3) is 0 Å². The lowest BCUT2D eigenvalue weighted by atomic mass is 10.00. The number of nitrogens with zero attached hydrogens (tertiary/aromatic N) is 1. The number of sulfonamides is 1. The molecule has 134 valence electrons. The van der Waals surface area contributed by atoms with Crippen LogP contribution in [0.3, 0.4) is 0 Å². The molecule has 1 heterocycles. The largest absolute Gasteiger partial charge is 0.511 e. The molecule has 1 aliphatic heterocycles. The quantitative estimate of drug-likeness (QED) is 0.903. The van der Waals surface area contributed by atoms with Gasteiger partial charge in [0, 0.05) is 19.1 Å². The predicted molar refractivity (Wildman–Crippen MR) is 88.0 cm³/mol. The Hall–Kier alpha value is -1.90. The monoisotopic (exact) mass is 370 g/mol. The van der Waals surface area contributed by atoms with Crippen LogP contribution in [0.4, 0.5) is 13.2 Å². The molecule has 1 saturated heterocycles. The van der Waals surface area contributed by atoms with E-state index in [1.54, 1.807) is 60.7 Å². The van der Waals surface area contributed by atoms with E-state index in [-0.39, 0.29) is 13.1 Å². The fourth-order valence-corrected chi connectivity index (χ4v) is 4.14. The van der Waals surface area contributed by atoms with E-state index in [1.807, 2.05) is 0 Å². The minimum Gasteiger partial charge on any atom is -0.307 e. The summed E-state index contributed by atoms with van der Waals surface area (Å²) >= 11 is 0. The van der Waals surface area contributed by atoms with Gasteiger partial charge in [-0.25, -0.2) is 8.42 Å². The summed E-state index contributed by atoms with van der Waals surface area (Å²) in [4.78, 5) is 0. The molecule has 0 saturated carbocycles. The summed E-state index contributed by atoms with van der Waals surface area (Å²) in [5.74, 6) is 0. The third-order valence-corrected chi connectivity index (χ3v) is 5.86. The molecule has 0 aliphatic carbocycles. The van der Waals surface area contributed by atoms with Crippen LogP contribution >= 0.6 is 0 Å². The first-order valence-corrected chi connectivity index (χ1v) is 9.16. The molecule has 0 amide bonds. The summed E-state index contributed by atoms with van der Waals surface area (Å²) in [6, 6.07) is 15.8. The van der Waals surface area contributed by atoms with Crippen LogP contribution in [0, 0.1) is 0 Å². The summed E-state index contributed by atoms with van der Waals surface area (Å²) in [5.41, 5.74) is -4.07. The van der Waals surface area contributed by atoms with Gasteiger partial charge < -0.3 is 5.32 Å². The first kappa shape index (κ1) is 17.9. The zero-order valence-corrected chi connectivity index (χ0v) is 14.0. The van der Waals surface area contributed by atoms with E-state index < -0.39 is 27.6 Å². The zero-order chi connectivity index (χ0) is 18.1. The number of nitrogens with one attached hydrogen (secondary N) is 1. The Morgan fingerprint density at radius 1 is 0.920 bits per heavy atom. The number of alkyl halides is 3. The second-order valence-electron chi connectivity index (χ2n) is 5.82. The number of benzene rings is 2. The molecule has 8 heteroatoms. The van der Waals surface area contributed by atoms with Gasteiger partial charge in [-0.1, -0.05) is 60.7 Å². The van der Waals surface area contributed by atoms with Crippen molar-refractivity contribution in [1.29, 1.82) is 0 Å². The van der Waals surface area contributed by atoms with Crippen LogP contribution in [0.2, 0.25) is 0 Å². The van der Waals surface area contributed by atoms with Gasteiger partial charge in [-0.15, -0.1) is 0 Å². The third kappa shape index (κ3) is 3.56. The molecular weight excluding hydrogens is 353 g/mol. The maximum atomic E-state index is 13.2. The van der Waals surface area contributed by atoms with Crippen LogP contribution in [-0.4, -0.2) is 31.3 Å². The second-order valence-corrected chi connectivity index (χ2v) is 7.70. The van der Waals surface area contributed by atoms with Gasteiger partial charge in [0.1, 0.15) is 0 Å². The Bertz CT molecular complexity index is 811. The van der Waals surface area contributed by atoms with Crippen molar-refractivity contribution in [1.82, 2.24) is 9.62 Å². The van der Waals surface area contributed by atoms with Gasteiger partial charge in [-0.05, 0) is 11.1 Å². The number of hydrogen-bond acceptors (Lipinski definition) is 3. The van der Waals surface area contributed by atoms with E-state index in [1.165, 1.54) is 0 Å². The highest BCUT2D eigenvalue weighted by Crippen LogP contribution is 2.37. The Kier molecular flexibility index (Phi) is 4.86. The normalized spacial score (nSPS) is 22.7. The van der Waals surface area contributed by atoms with Gasteiger partial charge in [0.05, 0.1) is 6.04 Å². The highest BCUT2D eigenvalue weighted by molar-refractivity contribution is 7.90. The highest BCUT2D eigenvalue weighted by Gasteiger charge is 2.53. The second kappa shape index (κ2) is 6.78. The topological polar surface area (TPSA) is 49.4 Å². The Morgan fingerprint density at radius 2 is 1.44 bits per heavy atom. The van der Waals surface area contributed by atoms with E-state index >= 15 is 0 Å². The van der Waals surface area contributed by atoms with Gasteiger partial charge in [0.15, 0.2) is 0 Å². The van der Waals surface area contributed by atoms with E-state index in [9.17, 15) is 21.6 Å². The van der Waals surface area contributed by atoms with Crippen LogP contribution in [0.5, 0.6) is 0 Å². The zero-order valence-electron chi connectivity index (χ0n) is 13.1. The van der Waals surface area contributed by atoms with Crippen molar-refractivity contribution in [3.63, 3.8) is 0 Å². The maximum Gasteiger partial charge on any atom is 0.511 e. The molecule has 2 aromatic rings. The van der Waals surface area contributed by atoms with Crippen LogP contribution < -0.4 is 5.32 Å². The van der Waals surface area contributed by atoms with Crippen LogP contribution in [-0.2, 0) is 10.0 Å². The van der Waals surface area contributed by atoms with E-state index in [4.69, 9.17) is 0 Å². The van der Waals surface area contributed by atoms with E-state index in [2.05, 4.69) is 5.32 Å². The molecule has 3 rings (SSSR count). The van der Waals surface area contributed by atoms with Gasteiger partial charge >= 0.3 is 15.5 Å². The van der Waals surface area contributed by atoms with Crippen molar-refractivity contribution in [2.45, 2.75) is 17.6 Å². The molecule has 0 bridgehead atoms. The Morgan fingerprint density at radius 3 is 1.96 bits per heavy atom. The fourth-order valence-electron chi connectivity index (χ4n) is 2.99. The Balaban J connectivity index is 1.98. The van der Waals surface area contributed by atoms with Crippen LogP contribution in [0.15, 0.2) is 60.7 Å². The first-order chi connectivity index (χ1) is 11.8. The lowest BCUT2D eigenvalue weighted by Crippen LogP contribution is -2.53. The van der Waals surface area contributed by atoms with Gasteiger partial charge in [0.25, 0.3) is 0 Å². The molecule has 1 fully saturated rings. The average Bonchev–Trinajstić information content (AvgIpc) is 2.62. The van der Waals surface area contributed by atoms with Gasteiger partial charge in [-0.2, -0.15) is 17.5 Å². The molecule has 2 atom stereocenters. The van der Waals surface area contributed by atoms with Crippen molar-refractivity contribution in [2.75, 3.05) is 13.1 Å². The first-order valence-electron chi connectivity index (χ1n) is 7.72. The van der Waals surface area contributed by atoms with Gasteiger partial charge in [-0.3, -0.25) is 0 Å². The standard InChI is InChI=1S/C17H17F3N2O2S/c18-17(19,20)25(23,24)22-12-15(13-7-3-1-4-8-13)21-11-16(22)14-9-5-2-6-10-14/h1-10,15-16,21H,11-12H2. The maximum absolute atomic E-state index is 13.2.